The van der Waals surface area contributed by atoms with E-state index in [1.54, 1.807) is 17.0 Å². The molecule has 0 radical (unpaired) electrons. The number of rotatable bonds is 5. The van der Waals surface area contributed by atoms with Gasteiger partial charge < -0.3 is 10.0 Å². The molecule has 1 amide bonds. The summed E-state index contributed by atoms with van der Waals surface area (Å²) in [5.41, 5.74) is 0.332. The summed E-state index contributed by atoms with van der Waals surface area (Å²) in [6, 6.07) is 6.24. The molecule has 1 aromatic rings. The lowest BCUT2D eigenvalue weighted by molar-refractivity contribution is -0.142. The fourth-order valence-corrected chi connectivity index (χ4v) is 2.97. The van der Waals surface area contributed by atoms with E-state index in [1.807, 2.05) is 25.7 Å². The van der Waals surface area contributed by atoms with Crippen LogP contribution in [0, 0.1) is 11.7 Å². The van der Waals surface area contributed by atoms with Gasteiger partial charge in [0.2, 0.25) is 5.91 Å². The van der Waals surface area contributed by atoms with Crippen molar-refractivity contribution in [2.45, 2.75) is 39.3 Å². The molecule has 1 N–H and O–H groups in total. The zero-order valence-corrected chi connectivity index (χ0v) is 14.5. The Labute approximate surface area is 142 Å². The zero-order chi connectivity index (χ0) is 17.9. The van der Waals surface area contributed by atoms with E-state index in [2.05, 4.69) is 0 Å². The first-order valence-corrected chi connectivity index (χ1v) is 8.17. The van der Waals surface area contributed by atoms with Crippen molar-refractivity contribution in [1.82, 2.24) is 9.80 Å². The smallest absolute Gasteiger partial charge is 0.307 e. The summed E-state index contributed by atoms with van der Waals surface area (Å²) >= 11 is 0. The van der Waals surface area contributed by atoms with Gasteiger partial charge >= 0.3 is 5.97 Å². The maximum Gasteiger partial charge on any atom is 0.307 e. The summed E-state index contributed by atoms with van der Waals surface area (Å²) in [5, 5.41) is 9.07. The largest absolute Gasteiger partial charge is 0.481 e. The molecule has 132 valence electrons. The van der Waals surface area contributed by atoms with Crippen molar-refractivity contribution in [3.63, 3.8) is 0 Å². The number of benzene rings is 1. The van der Waals surface area contributed by atoms with Crippen molar-refractivity contribution >= 4 is 11.9 Å². The molecule has 1 unspecified atom stereocenters. The summed E-state index contributed by atoms with van der Waals surface area (Å²) in [5.74, 6) is -1.60. The Morgan fingerprint density at radius 2 is 2.08 bits per heavy atom. The number of nitrogens with zero attached hydrogens (tertiary/aromatic N) is 2. The zero-order valence-electron chi connectivity index (χ0n) is 14.5. The number of carbonyl (C=O) groups is 2. The van der Waals surface area contributed by atoms with Crippen LogP contribution in [0.5, 0.6) is 0 Å². The molecule has 0 aromatic heterocycles. The monoisotopic (exact) mass is 336 g/mol. The van der Waals surface area contributed by atoms with Gasteiger partial charge in [0.1, 0.15) is 5.82 Å². The molecule has 24 heavy (non-hydrogen) atoms. The standard InChI is InChI=1S/C18H25FN2O3/c1-18(2,3)21(10-13-5-4-6-15(19)9-13)16(22)12-20-8-7-14(11-20)17(23)24/h4-6,9,14H,7-8,10-12H2,1-3H3,(H,23,24). The second-order valence-electron chi connectivity index (χ2n) is 7.34. The predicted molar refractivity (Wildman–Crippen MR) is 88.9 cm³/mol. The van der Waals surface area contributed by atoms with Crippen LogP contribution in [-0.2, 0) is 16.1 Å². The highest BCUT2D eigenvalue weighted by Gasteiger charge is 2.32. The second kappa shape index (κ2) is 7.30. The van der Waals surface area contributed by atoms with Crippen molar-refractivity contribution in [3.8, 4) is 0 Å². The lowest BCUT2D eigenvalue weighted by Gasteiger charge is -2.37. The summed E-state index contributed by atoms with van der Waals surface area (Å²) in [4.78, 5) is 27.4. The molecular weight excluding hydrogens is 311 g/mol. The molecule has 5 nitrogen and oxygen atoms in total. The maximum absolute atomic E-state index is 13.4. The van der Waals surface area contributed by atoms with Crippen molar-refractivity contribution in [2.24, 2.45) is 5.92 Å². The molecule has 0 bridgehead atoms. The van der Waals surface area contributed by atoms with Crippen LogP contribution in [0.4, 0.5) is 4.39 Å². The minimum atomic E-state index is -0.808. The number of hydrogen-bond donors (Lipinski definition) is 1. The summed E-state index contributed by atoms with van der Waals surface area (Å²) in [7, 11) is 0. The van der Waals surface area contributed by atoms with E-state index in [0.717, 1.165) is 5.56 Å². The molecule has 1 aliphatic rings. The molecule has 1 fully saturated rings. The van der Waals surface area contributed by atoms with Gasteiger partial charge in [-0.15, -0.1) is 0 Å². The molecule has 2 rings (SSSR count). The molecule has 0 spiro atoms. The summed E-state index contributed by atoms with van der Waals surface area (Å²) < 4.78 is 13.4. The van der Waals surface area contributed by atoms with Gasteiger partial charge in [0.05, 0.1) is 12.5 Å². The van der Waals surface area contributed by atoms with Crippen LogP contribution in [0.25, 0.3) is 0 Å². The van der Waals surface area contributed by atoms with Gasteiger partial charge in [0, 0.05) is 18.6 Å². The van der Waals surface area contributed by atoms with E-state index >= 15 is 0 Å². The molecule has 1 atom stereocenters. The molecule has 1 aliphatic heterocycles. The Hall–Kier alpha value is -1.95. The first-order chi connectivity index (χ1) is 11.2. The Bertz CT molecular complexity index is 613. The Kier molecular flexibility index (Phi) is 5.59. The molecule has 1 aromatic carbocycles. The van der Waals surface area contributed by atoms with Crippen LogP contribution in [0.1, 0.15) is 32.8 Å². The highest BCUT2D eigenvalue weighted by atomic mass is 19.1. The van der Waals surface area contributed by atoms with E-state index in [-0.39, 0.29) is 18.3 Å². The fourth-order valence-electron chi connectivity index (χ4n) is 2.97. The lowest BCUT2D eigenvalue weighted by atomic mass is 10.0. The van der Waals surface area contributed by atoms with E-state index in [0.29, 0.717) is 26.1 Å². The van der Waals surface area contributed by atoms with Crippen molar-refractivity contribution in [1.29, 1.82) is 0 Å². The lowest BCUT2D eigenvalue weighted by Crippen LogP contribution is -2.49. The highest BCUT2D eigenvalue weighted by molar-refractivity contribution is 5.79. The van der Waals surface area contributed by atoms with Crippen molar-refractivity contribution in [3.05, 3.63) is 35.6 Å². The SMILES string of the molecule is CC(C)(C)N(Cc1cccc(F)c1)C(=O)CN1CCC(C(=O)O)C1. The van der Waals surface area contributed by atoms with Gasteiger partial charge in [-0.05, 0) is 51.4 Å². The van der Waals surface area contributed by atoms with Gasteiger partial charge in [-0.25, -0.2) is 4.39 Å². The number of aliphatic carboxylic acids is 1. The fraction of sp³-hybridized carbons (Fsp3) is 0.556. The molecule has 1 saturated heterocycles. The van der Waals surface area contributed by atoms with Crippen LogP contribution in [0.3, 0.4) is 0 Å². The average molecular weight is 336 g/mol. The number of likely N-dealkylation sites (tertiary alicyclic amines) is 1. The highest BCUT2D eigenvalue weighted by Crippen LogP contribution is 2.21. The Morgan fingerprint density at radius 1 is 1.38 bits per heavy atom. The molecular formula is C18H25FN2O3. The third-order valence-electron chi connectivity index (χ3n) is 4.32. The molecule has 0 aliphatic carbocycles. The van der Waals surface area contributed by atoms with E-state index in [1.165, 1.54) is 12.1 Å². The van der Waals surface area contributed by atoms with E-state index < -0.39 is 17.4 Å². The second-order valence-corrected chi connectivity index (χ2v) is 7.34. The number of amides is 1. The van der Waals surface area contributed by atoms with Gasteiger partial charge in [-0.2, -0.15) is 0 Å². The van der Waals surface area contributed by atoms with E-state index in [9.17, 15) is 14.0 Å². The number of halogens is 1. The number of hydrogen-bond acceptors (Lipinski definition) is 3. The van der Waals surface area contributed by atoms with Gasteiger partial charge in [-0.3, -0.25) is 14.5 Å². The third kappa shape index (κ3) is 4.77. The van der Waals surface area contributed by atoms with Gasteiger partial charge in [0.15, 0.2) is 0 Å². The van der Waals surface area contributed by atoms with Crippen LogP contribution >= 0.6 is 0 Å². The average Bonchev–Trinajstić information content (AvgIpc) is 2.92. The minimum absolute atomic E-state index is 0.0715. The molecule has 0 saturated carbocycles. The van der Waals surface area contributed by atoms with E-state index in [4.69, 9.17) is 5.11 Å². The first-order valence-electron chi connectivity index (χ1n) is 8.17. The predicted octanol–water partition coefficient (Wildman–Crippen LogP) is 2.36. The Morgan fingerprint density at radius 3 is 2.62 bits per heavy atom. The van der Waals surface area contributed by atoms with Crippen LogP contribution in [0.15, 0.2) is 24.3 Å². The van der Waals surface area contributed by atoms with Crippen LogP contribution in [0.2, 0.25) is 0 Å². The molecule has 6 heteroatoms. The van der Waals surface area contributed by atoms with Crippen molar-refractivity contribution in [2.75, 3.05) is 19.6 Å². The first kappa shape index (κ1) is 18.4. The Balaban J connectivity index is 2.05. The minimum Gasteiger partial charge on any atom is -0.481 e. The summed E-state index contributed by atoms with van der Waals surface area (Å²) in [6.45, 7) is 7.35. The third-order valence-corrected chi connectivity index (χ3v) is 4.32. The summed E-state index contributed by atoms with van der Waals surface area (Å²) in [6.07, 6.45) is 0.571. The number of carbonyl (C=O) groups excluding carboxylic acids is 1. The topological polar surface area (TPSA) is 60.9 Å². The van der Waals surface area contributed by atoms with Gasteiger partial charge in [0.25, 0.3) is 0 Å². The maximum atomic E-state index is 13.4. The van der Waals surface area contributed by atoms with Crippen LogP contribution < -0.4 is 0 Å². The van der Waals surface area contributed by atoms with Crippen LogP contribution in [-0.4, -0.2) is 52.0 Å². The normalized spacial score (nSPS) is 18.6. The quantitative estimate of drug-likeness (QED) is 0.897. The van der Waals surface area contributed by atoms with Crippen molar-refractivity contribution < 1.29 is 19.1 Å². The number of carboxylic acids is 1. The van der Waals surface area contributed by atoms with Gasteiger partial charge in [-0.1, -0.05) is 12.1 Å². The number of carboxylic acid groups (broad SMARTS) is 1. The molecule has 1 heterocycles.